The van der Waals surface area contributed by atoms with Gasteiger partial charge in [-0.25, -0.2) is 0 Å². The van der Waals surface area contributed by atoms with Gasteiger partial charge in [0.2, 0.25) is 11.8 Å². The van der Waals surface area contributed by atoms with E-state index in [0.717, 1.165) is 13.1 Å². The first-order valence-corrected chi connectivity index (χ1v) is 6.07. The fraction of sp³-hybridized carbons (Fsp3) is 0.833. The number of hydrogen-bond acceptors (Lipinski definition) is 4. The van der Waals surface area contributed by atoms with Crippen LogP contribution in [0.3, 0.4) is 0 Å². The van der Waals surface area contributed by atoms with Crippen molar-refractivity contribution in [3.63, 3.8) is 0 Å². The van der Waals surface area contributed by atoms with Gasteiger partial charge in [0.25, 0.3) is 0 Å². The Labute approximate surface area is 103 Å². The first-order chi connectivity index (χ1) is 7.82. The SMILES string of the molecule is CCN(CC(C)(C)CN)C1CC(=O)N(C)C1=O. The molecule has 0 bridgehead atoms. The van der Waals surface area contributed by atoms with E-state index >= 15 is 0 Å². The Kier molecular flexibility index (Phi) is 4.27. The molecule has 0 aromatic carbocycles. The fourth-order valence-corrected chi connectivity index (χ4v) is 2.08. The molecule has 0 radical (unpaired) electrons. The van der Waals surface area contributed by atoms with Crippen LogP contribution in [0.25, 0.3) is 0 Å². The highest BCUT2D eigenvalue weighted by atomic mass is 16.2. The summed E-state index contributed by atoms with van der Waals surface area (Å²) in [5.41, 5.74) is 5.67. The third kappa shape index (κ3) is 3.04. The molecule has 0 spiro atoms. The van der Waals surface area contributed by atoms with Crippen molar-refractivity contribution in [3.05, 3.63) is 0 Å². The lowest BCUT2D eigenvalue weighted by atomic mass is 9.92. The molecule has 1 heterocycles. The summed E-state index contributed by atoms with van der Waals surface area (Å²) in [6, 6.07) is -0.302. The second-order valence-corrected chi connectivity index (χ2v) is 5.44. The molecule has 1 aliphatic heterocycles. The molecule has 1 saturated heterocycles. The van der Waals surface area contributed by atoms with Crippen LogP contribution in [-0.2, 0) is 9.59 Å². The van der Waals surface area contributed by atoms with Gasteiger partial charge in [-0.1, -0.05) is 20.8 Å². The number of amides is 2. The predicted octanol–water partition coefficient (Wildman–Crippen LogP) is 0.0505. The summed E-state index contributed by atoms with van der Waals surface area (Å²) >= 11 is 0. The smallest absolute Gasteiger partial charge is 0.246 e. The average molecular weight is 241 g/mol. The van der Waals surface area contributed by atoms with E-state index in [1.54, 1.807) is 7.05 Å². The lowest BCUT2D eigenvalue weighted by Gasteiger charge is -2.33. The van der Waals surface area contributed by atoms with E-state index in [1.165, 1.54) is 4.90 Å². The van der Waals surface area contributed by atoms with Crippen LogP contribution < -0.4 is 5.73 Å². The summed E-state index contributed by atoms with van der Waals surface area (Å²) in [5.74, 6) is -0.186. The van der Waals surface area contributed by atoms with E-state index in [-0.39, 0.29) is 23.3 Å². The lowest BCUT2D eigenvalue weighted by Crippen LogP contribution is -2.47. The number of nitrogens with zero attached hydrogens (tertiary/aromatic N) is 2. The quantitative estimate of drug-likeness (QED) is 0.691. The Morgan fingerprint density at radius 2 is 2.06 bits per heavy atom. The number of nitrogens with two attached hydrogens (primary N) is 1. The molecule has 0 aromatic heterocycles. The second kappa shape index (κ2) is 5.14. The van der Waals surface area contributed by atoms with Crippen LogP contribution in [-0.4, -0.2) is 54.3 Å². The maximum atomic E-state index is 11.9. The Bertz CT molecular complexity index is 315. The van der Waals surface area contributed by atoms with Crippen molar-refractivity contribution in [1.82, 2.24) is 9.80 Å². The van der Waals surface area contributed by atoms with Gasteiger partial charge in [0.05, 0.1) is 12.5 Å². The molecule has 5 heteroatoms. The van der Waals surface area contributed by atoms with E-state index in [1.807, 2.05) is 6.92 Å². The monoisotopic (exact) mass is 241 g/mol. The minimum Gasteiger partial charge on any atom is -0.330 e. The molecule has 0 saturated carbocycles. The molecule has 5 nitrogen and oxygen atoms in total. The van der Waals surface area contributed by atoms with Crippen LogP contribution in [0.2, 0.25) is 0 Å². The number of carbonyl (C=O) groups excluding carboxylic acids is 2. The van der Waals surface area contributed by atoms with E-state index < -0.39 is 0 Å². The third-order valence-electron chi connectivity index (χ3n) is 3.39. The summed E-state index contributed by atoms with van der Waals surface area (Å²) in [5, 5.41) is 0. The topological polar surface area (TPSA) is 66.6 Å². The molecule has 2 amide bonds. The Morgan fingerprint density at radius 1 is 1.47 bits per heavy atom. The van der Waals surface area contributed by atoms with Crippen LogP contribution in [0.5, 0.6) is 0 Å². The average Bonchev–Trinajstić information content (AvgIpc) is 2.54. The normalized spacial score (nSPS) is 21.8. The summed E-state index contributed by atoms with van der Waals surface area (Å²) in [6.07, 6.45) is 0.295. The van der Waals surface area contributed by atoms with Gasteiger partial charge in [0.15, 0.2) is 0 Å². The summed E-state index contributed by atoms with van der Waals surface area (Å²) in [4.78, 5) is 26.7. The number of imide groups is 1. The van der Waals surface area contributed by atoms with E-state index in [9.17, 15) is 9.59 Å². The highest BCUT2D eigenvalue weighted by molar-refractivity contribution is 6.05. The minimum atomic E-state index is -0.302. The first-order valence-electron chi connectivity index (χ1n) is 6.07. The molecule has 0 aliphatic carbocycles. The van der Waals surface area contributed by atoms with Crippen molar-refractivity contribution in [3.8, 4) is 0 Å². The largest absolute Gasteiger partial charge is 0.330 e. The van der Waals surface area contributed by atoms with Crippen LogP contribution in [0.15, 0.2) is 0 Å². The van der Waals surface area contributed by atoms with Gasteiger partial charge in [-0.15, -0.1) is 0 Å². The van der Waals surface area contributed by atoms with Crippen molar-refractivity contribution in [2.45, 2.75) is 33.2 Å². The van der Waals surface area contributed by atoms with E-state index in [0.29, 0.717) is 13.0 Å². The summed E-state index contributed by atoms with van der Waals surface area (Å²) in [7, 11) is 1.55. The molecule has 1 atom stereocenters. The predicted molar refractivity (Wildman–Crippen MR) is 66.3 cm³/mol. The summed E-state index contributed by atoms with van der Waals surface area (Å²) < 4.78 is 0. The highest BCUT2D eigenvalue weighted by Gasteiger charge is 2.40. The molecule has 1 fully saturated rings. The molecule has 1 aliphatic rings. The van der Waals surface area contributed by atoms with Gasteiger partial charge in [-0.05, 0) is 18.5 Å². The van der Waals surface area contributed by atoms with Gasteiger partial charge >= 0.3 is 0 Å². The Morgan fingerprint density at radius 3 is 2.41 bits per heavy atom. The van der Waals surface area contributed by atoms with Crippen molar-refractivity contribution in [2.75, 3.05) is 26.7 Å². The van der Waals surface area contributed by atoms with Crippen LogP contribution >= 0.6 is 0 Å². The van der Waals surface area contributed by atoms with E-state index in [4.69, 9.17) is 5.73 Å². The standard InChI is InChI=1S/C12H23N3O2/c1-5-15(8-12(2,3)7-13)9-6-10(16)14(4)11(9)17/h9H,5-8,13H2,1-4H3. The van der Waals surface area contributed by atoms with Gasteiger partial charge in [0, 0.05) is 13.6 Å². The van der Waals surface area contributed by atoms with Crippen LogP contribution in [0, 0.1) is 5.41 Å². The number of rotatable bonds is 5. The van der Waals surface area contributed by atoms with Crippen molar-refractivity contribution < 1.29 is 9.59 Å². The molecule has 98 valence electrons. The molecular formula is C12H23N3O2. The number of likely N-dealkylation sites (tertiary alicyclic amines) is 1. The first kappa shape index (κ1) is 14.1. The maximum absolute atomic E-state index is 11.9. The van der Waals surface area contributed by atoms with Crippen molar-refractivity contribution in [2.24, 2.45) is 11.1 Å². The molecule has 17 heavy (non-hydrogen) atoms. The Balaban J connectivity index is 2.76. The Hall–Kier alpha value is -0.940. The summed E-state index contributed by atoms with van der Waals surface area (Å²) in [6.45, 7) is 8.19. The molecule has 1 rings (SSSR count). The maximum Gasteiger partial charge on any atom is 0.246 e. The number of carbonyl (C=O) groups is 2. The highest BCUT2D eigenvalue weighted by Crippen LogP contribution is 2.22. The van der Waals surface area contributed by atoms with Gasteiger partial charge in [-0.3, -0.25) is 19.4 Å². The van der Waals surface area contributed by atoms with Gasteiger partial charge in [0.1, 0.15) is 0 Å². The molecular weight excluding hydrogens is 218 g/mol. The zero-order valence-corrected chi connectivity index (χ0v) is 11.2. The third-order valence-corrected chi connectivity index (χ3v) is 3.39. The molecule has 2 N–H and O–H groups in total. The van der Waals surface area contributed by atoms with Gasteiger partial charge in [-0.2, -0.15) is 0 Å². The zero-order valence-electron chi connectivity index (χ0n) is 11.2. The number of likely N-dealkylation sites (N-methyl/N-ethyl adjacent to an activating group) is 2. The lowest BCUT2D eigenvalue weighted by molar-refractivity contribution is -0.138. The molecule has 0 aromatic rings. The van der Waals surface area contributed by atoms with Crippen molar-refractivity contribution in [1.29, 1.82) is 0 Å². The second-order valence-electron chi connectivity index (χ2n) is 5.44. The number of hydrogen-bond donors (Lipinski definition) is 1. The van der Waals surface area contributed by atoms with E-state index in [2.05, 4.69) is 18.7 Å². The minimum absolute atomic E-state index is 0.0412. The zero-order chi connectivity index (χ0) is 13.2. The molecule has 1 unspecified atom stereocenters. The van der Waals surface area contributed by atoms with Crippen LogP contribution in [0.4, 0.5) is 0 Å². The fourth-order valence-electron chi connectivity index (χ4n) is 2.08. The van der Waals surface area contributed by atoms with Crippen LogP contribution in [0.1, 0.15) is 27.2 Å². The van der Waals surface area contributed by atoms with Crippen molar-refractivity contribution >= 4 is 11.8 Å². The van der Waals surface area contributed by atoms with Gasteiger partial charge < -0.3 is 5.73 Å².